The fraction of sp³-hybridized carbons (Fsp3) is 0.250. The van der Waals surface area contributed by atoms with Gasteiger partial charge in [0.05, 0.1) is 25.5 Å². The Morgan fingerprint density at radius 2 is 1.25 bits per heavy atom. The molecule has 0 aliphatic rings. The Hall–Kier alpha value is -8.11. The van der Waals surface area contributed by atoms with Gasteiger partial charge in [0.2, 0.25) is 11.8 Å². The first-order chi connectivity index (χ1) is 29.1. The van der Waals surface area contributed by atoms with Crippen LogP contribution in [0.25, 0.3) is 21.3 Å². The smallest absolute Gasteiger partial charge is 0.271 e. The molecule has 6 aromatic rings. The molecule has 0 aliphatic carbocycles. The van der Waals surface area contributed by atoms with Gasteiger partial charge < -0.3 is 10.2 Å². The summed E-state index contributed by atoms with van der Waals surface area (Å²) in [5.41, 5.74) is -0.660. The van der Waals surface area contributed by atoms with Crippen molar-refractivity contribution in [1.82, 2.24) is 38.7 Å². The molecule has 0 unspecified atom stereocenters. The maximum atomic E-state index is 12.5. The van der Waals surface area contributed by atoms with E-state index in [1.807, 2.05) is 26.0 Å². The van der Waals surface area contributed by atoms with E-state index in [0.29, 0.717) is 24.5 Å². The second-order valence-electron chi connectivity index (χ2n) is 12.7. The molecule has 6 aromatic heterocycles. The van der Waals surface area contributed by atoms with Crippen LogP contribution in [0.1, 0.15) is 61.8 Å². The Bertz CT molecular complexity index is 2690. The van der Waals surface area contributed by atoms with Crippen molar-refractivity contribution in [3.05, 3.63) is 127 Å². The van der Waals surface area contributed by atoms with E-state index in [1.54, 1.807) is 48.8 Å². The molecule has 2 N–H and O–H groups in total. The number of aromatic nitrogens is 8. The van der Waals surface area contributed by atoms with Crippen LogP contribution in [0.15, 0.2) is 91.2 Å². The predicted octanol–water partition coefficient (Wildman–Crippen LogP) is 8.16. The van der Waals surface area contributed by atoms with Gasteiger partial charge in [0.15, 0.2) is 29.0 Å². The summed E-state index contributed by atoms with van der Waals surface area (Å²) >= 11 is 0. The molecule has 6 rings (SSSR count). The quantitative estimate of drug-likeness (QED) is 0.0881. The minimum Gasteiger partial charge on any atom is -0.493 e. The van der Waals surface area contributed by atoms with Crippen molar-refractivity contribution in [2.45, 2.75) is 66.5 Å². The van der Waals surface area contributed by atoms with E-state index in [4.69, 9.17) is 13.1 Å². The number of pyridine rings is 4. The van der Waals surface area contributed by atoms with Crippen LogP contribution in [0.4, 0.5) is 34.4 Å². The summed E-state index contributed by atoms with van der Waals surface area (Å²) in [6.07, 6.45) is 8.73. The second-order valence-corrected chi connectivity index (χ2v) is 12.7. The van der Waals surface area contributed by atoms with E-state index >= 15 is 0 Å². The van der Waals surface area contributed by atoms with Crippen LogP contribution in [0.5, 0.6) is 11.8 Å². The van der Waals surface area contributed by atoms with Crippen molar-refractivity contribution in [1.29, 1.82) is 10.5 Å². The normalized spacial score (nSPS) is 10.6. The van der Waals surface area contributed by atoms with Crippen molar-refractivity contribution >= 4 is 34.4 Å². The number of nitrogens with zero attached hydrogens (tertiary/aromatic N) is 16. The minimum absolute atomic E-state index is 0. The van der Waals surface area contributed by atoms with Crippen LogP contribution in [0, 0.1) is 49.7 Å². The molecule has 0 atom stereocenters. The minimum atomic E-state index is -0.573. The summed E-state index contributed by atoms with van der Waals surface area (Å²) in [6, 6.07) is 14.3. The van der Waals surface area contributed by atoms with Crippen LogP contribution in [-0.4, -0.2) is 48.9 Å². The number of azo groups is 2. The summed E-state index contributed by atoms with van der Waals surface area (Å²) in [4.78, 5) is 40.1. The van der Waals surface area contributed by atoms with Gasteiger partial charge in [-0.15, -0.1) is 20.5 Å². The molecule has 309 valence electrons. The van der Waals surface area contributed by atoms with Gasteiger partial charge in [-0.3, -0.25) is 18.7 Å². The van der Waals surface area contributed by atoms with Gasteiger partial charge in [0.25, 0.3) is 22.5 Å². The third-order valence-corrected chi connectivity index (χ3v) is 8.91. The van der Waals surface area contributed by atoms with Gasteiger partial charge in [-0.1, -0.05) is 38.8 Å². The summed E-state index contributed by atoms with van der Waals surface area (Å²) in [5.74, 6) is 0.362. The maximum absolute atomic E-state index is 12.5. The average Bonchev–Trinajstić information content (AvgIpc) is 3.88. The molecule has 0 aliphatic heterocycles. The Morgan fingerprint density at radius 3 is 1.74 bits per heavy atom. The molecule has 0 fully saturated rings. The van der Waals surface area contributed by atoms with Crippen LogP contribution in [0.3, 0.4) is 0 Å². The Kier molecular flexibility index (Phi) is 15.7. The van der Waals surface area contributed by atoms with E-state index in [-0.39, 0.29) is 98.3 Å². The molecule has 6 heterocycles. The Morgan fingerprint density at radius 1 is 0.721 bits per heavy atom. The van der Waals surface area contributed by atoms with Crippen molar-refractivity contribution in [2.24, 2.45) is 20.5 Å². The topological polar surface area (TPSA) is 252 Å². The Labute approximate surface area is 358 Å². The number of aromatic hydroxyl groups is 2. The molecule has 0 aromatic carbocycles. The number of rotatable bonds is 12. The summed E-state index contributed by atoms with van der Waals surface area (Å²) in [6.45, 7) is 22.1. The van der Waals surface area contributed by atoms with Crippen LogP contribution >= 0.6 is 0 Å². The molecule has 0 saturated carbocycles. The van der Waals surface area contributed by atoms with E-state index in [9.17, 15) is 30.3 Å². The van der Waals surface area contributed by atoms with Crippen LogP contribution < -0.4 is 11.1 Å². The number of hydrogen-bond donors (Lipinski definition) is 2. The van der Waals surface area contributed by atoms with Gasteiger partial charge >= 0.3 is 0 Å². The molecular formula is C40H36CoN16O4. The molecular weight excluding hydrogens is 827 g/mol. The van der Waals surface area contributed by atoms with Gasteiger partial charge in [0, 0.05) is 47.8 Å². The van der Waals surface area contributed by atoms with E-state index < -0.39 is 11.1 Å². The monoisotopic (exact) mass is 863 g/mol. The third kappa shape index (κ3) is 9.62. The first kappa shape index (κ1) is 45.6. The number of nitriles is 2. The molecule has 0 saturated heterocycles. The maximum Gasteiger partial charge on any atom is 0.271 e. The van der Waals surface area contributed by atoms with Crippen LogP contribution in [-0.2, 0) is 29.9 Å². The zero-order valence-electron chi connectivity index (χ0n) is 33.2. The van der Waals surface area contributed by atoms with Gasteiger partial charge in [-0.25, -0.2) is 24.3 Å². The predicted molar refractivity (Wildman–Crippen MR) is 217 cm³/mol. The molecule has 20 nitrogen and oxygen atoms in total. The average molecular weight is 864 g/mol. The second kappa shape index (κ2) is 21.1. The summed E-state index contributed by atoms with van der Waals surface area (Å²) in [7, 11) is 0. The summed E-state index contributed by atoms with van der Waals surface area (Å²) < 4.78 is 4.94. The number of hydrogen-bond acceptors (Lipinski definition) is 14. The van der Waals surface area contributed by atoms with Gasteiger partial charge in [0.1, 0.15) is 29.0 Å². The molecule has 1 radical (unpaired) electrons. The zero-order valence-corrected chi connectivity index (χ0v) is 34.3. The SMILES string of the molecule is CCCCn1c(O)c(N=Nc2c(C#N)cnn2-c2ccccn2)c(C)c(C#N)c1=O.[C-]#[N+]c1cnn(-c2ccccn2)c1N=Nc1c(C)c([N+]#[C-])c(=O)n(CCCC)c1O.[Co]. The van der Waals surface area contributed by atoms with Crippen molar-refractivity contribution in [3.63, 3.8) is 0 Å². The summed E-state index contributed by atoms with van der Waals surface area (Å²) in [5, 5.41) is 64.8. The fourth-order valence-corrected chi connectivity index (χ4v) is 5.66. The standard InChI is InChI=1S/2C20H18N8O2.Co/c1-5-6-11-27-19(29)16(22-4)13(2)17(20(27)30)25-26-18-14(21-3)12-24-28(18)15-9-7-8-10-23-15;1-3-4-9-27-19(29)15(11-22)13(2)17(20(27)30)25-26-18-14(10-21)12-24-28(18)16-7-5-6-8-23-16;/h7-10,12,30H,5-6,11H2,1-2H3;5-8,12,30H,3-4,9H2,1-2H3;. The zero-order chi connectivity index (χ0) is 43.3. The first-order valence-corrected chi connectivity index (χ1v) is 18.4. The van der Waals surface area contributed by atoms with Gasteiger partial charge in [-0.2, -0.15) is 25.4 Å². The fourth-order valence-electron chi connectivity index (χ4n) is 5.66. The molecule has 0 bridgehead atoms. The van der Waals surface area contributed by atoms with Gasteiger partial charge in [-0.05, 0) is 56.5 Å². The Balaban J connectivity index is 0.000000264. The van der Waals surface area contributed by atoms with E-state index in [1.165, 1.54) is 35.6 Å². The van der Waals surface area contributed by atoms with Crippen molar-refractivity contribution in [2.75, 3.05) is 0 Å². The molecule has 61 heavy (non-hydrogen) atoms. The molecule has 0 spiro atoms. The first-order valence-electron chi connectivity index (χ1n) is 18.4. The number of unbranched alkanes of at least 4 members (excludes halogenated alkanes) is 2. The van der Waals surface area contributed by atoms with Crippen molar-refractivity contribution < 1.29 is 27.0 Å². The van der Waals surface area contributed by atoms with E-state index in [0.717, 1.165) is 22.0 Å². The van der Waals surface area contributed by atoms with Crippen molar-refractivity contribution in [3.8, 4) is 35.5 Å². The van der Waals surface area contributed by atoms with E-state index in [2.05, 4.69) is 50.3 Å². The molecule has 0 amide bonds. The largest absolute Gasteiger partial charge is 0.493 e. The molecule has 21 heteroatoms. The van der Waals surface area contributed by atoms with Crippen LogP contribution in [0.2, 0.25) is 0 Å². The third-order valence-electron chi connectivity index (χ3n) is 8.91.